The third kappa shape index (κ3) is 5.13. The van der Waals surface area contributed by atoms with Crippen LogP contribution in [-0.2, 0) is 10.3 Å². The number of guanidine groups is 1. The van der Waals surface area contributed by atoms with Crippen molar-refractivity contribution in [2.24, 2.45) is 10.4 Å². The molecule has 22 heavy (non-hydrogen) atoms. The van der Waals surface area contributed by atoms with Gasteiger partial charge in [-0.1, -0.05) is 6.92 Å². The van der Waals surface area contributed by atoms with Gasteiger partial charge in [0, 0.05) is 18.5 Å². The van der Waals surface area contributed by atoms with Crippen LogP contribution in [0.3, 0.4) is 0 Å². The van der Waals surface area contributed by atoms with Gasteiger partial charge in [0.25, 0.3) is 0 Å². The third-order valence-corrected chi connectivity index (χ3v) is 3.52. The number of halogens is 1. The number of hydrogen-bond donors (Lipinski definition) is 3. The Labute approximate surface area is 148 Å². The molecule has 2 rings (SSSR count). The Bertz CT molecular complexity index is 470. The van der Waals surface area contributed by atoms with Gasteiger partial charge in [0.1, 0.15) is 11.4 Å². The van der Waals surface area contributed by atoms with Gasteiger partial charge in [-0.15, -0.1) is 24.0 Å². The van der Waals surface area contributed by atoms with Crippen molar-refractivity contribution in [1.82, 2.24) is 10.6 Å². The second-order valence-electron chi connectivity index (χ2n) is 6.10. The molecular formula is C15H26IN3O3. The Kier molecular flexibility index (Phi) is 7.14. The lowest BCUT2D eigenvalue weighted by Crippen LogP contribution is -2.51. The van der Waals surface area contributed by atoms with Gasteiger partial charge in [-0.3, -0.25) is 0 Å². The molecule has 1 unspecified atom stereocenters. The molecule has 1 atom stereocenters. The molecule has 1 aliphatic heterocycles. The Morgan fingerprint density at radius 2 is 2.18 bits per heavy atom. The van der Waals surface area contributed by atoms with Crippen LogP contribution in [0.5, 0.6) is 0 Å². The van der Waals surface area contributed by atoms with E-state index in [-0.39, 0.29) is 35.9 Å². The molecule has 6 nitrogen and oxygen atoms in total. The predicted molar refractivity (Wildman–Crippen MR) is 96.6 cm³/mol. The average Bonchev–Trinajstić information content (AvgIpc) is 2.94. The van der Waals surface area contributed by atoms with E-state index in [2.05, 4.69) is 22.5 Å². The highest BCUT2D eigenvalue weighted by Gasteiger charge is 2.33. The van der Waals surface area contributed by atoms with Crippen molar-refractivity contribution in [1.29, 1.82) is 0 Å². The molecule has 1 fully saturated rings. The van der Waals surface area contributed by atoms with Crippen molar-refractivity contribution < 1.29 is 14.3 Å². The van der Waals surface area contributed by atoms with Gasteiger partial charge < -0.3 is 24.9 Å². The number of ether oxygens (including phenoxy) is 1. The van der Waals surface area contributed by atoms with E-state index in [0.29, 0.717) is 11.7 Å². The lowest BCUT2D eigenvalue weighted by atomic mass is 9.89. The molecule has 1 aliphatic rings. The SMILES string of the molecule is CCNC(=NCC(C)(O)c1ccco1)NCC1(C)COC1.I. The van der Waals surface area contributed by atoms with Crippen molar-refractivity contribution >= 4 is 29.9 Å². The van der Waals surface area contributed by atoms with E-state index in [0.717, 1.165) is 26.3 Å². The quantitative estimate of drug-likeness (QED) is 0.369. The van der Waals surface area contributed by atoms with Crippen LogP contribution in [0.1, 0.15) is 26.5 Å². The summed E-state index contributed by atoms with van der Waals surface area (Å²) in [5.41, 5.74) is -0.949. The van der Waals surface area contributed by atoms with Gasteiger partial charge in [-0.2, -0.15) is 0 Å². The normalized spacial score (nSPS) is 19.5. The minimum Gasteiger partial charge on any atom is -0.466 e. The summed E-state index contributed by atoms with van der Waals surface area (Å²) in [7, 11) is 0. The van der Waals surface area contributed by atoms with E-state index in [1.54, 1.807) is 25.3 Å². The first-order chi connectivity index (χ1) is 9.95. The van der Waals surface area contributed by atoms with E-state index in [1.807, 2.05) is 6.92 Å². The molecule has 0 aromatic carbocycles. The number of aliphatic imine (C=N–C) groups is 1. The van der Waals surface area contributed by atoms with Crippen molar-refractivity contribution in [3.63, 3.8) is 0 Å². The molecule has 126 valence electrons. The lowest BCUT2D eigenvalue weighted by Gasteiger charge is -2.38. The summed E-state index contributed by atoms with van der Waals surface area (Å²) in [6.45, 7) is 9.20. The second kappa shape index (κ2) is 8.16. The van der Waals surface area contributed by atoms with Gasteiger partial charge in [0.2, 0.25) is 0 Å². The average molecular weight is 423 g/mol. The van der Waals surface area contributed by atoms with E-state index in [4.69, 9.17) is 9.15 Å². The van der Waals surface area contributed by atoms with E-state index < -0.39 is 5.60 Å². The molecule has 0 aliphatic carbocycles. The van der Waals surface area contributed by atoms with Crippen LogP contribution in [0.25, 0.3) is 0 Å². The zero-order chi connectivity index (χ0) is 15.3. The molecule has 0 saturated carbocycles. The topological polar surface area (TPSA) is 79.0 Å². The van der Waals surface area contributed by atoms with Crippen molar-refractivity contribution in [3.8, 4) is 0 Å². The molecule has 0 radical (unpaired) electrons. The maximum Gasteiger partial charge on any atom is 0.191 e. The smallest absolute Gasteiger partial charge is 0.191 e. The van der Waals surface area contributed by atoms with Crippen LogP contribution < -0.4 is 10.6 Å². The molecule has 1 aromatic heterocycles. The van der Waals surface area contributed by atoms with Crippen molar-refractivity contribution in [2.45, 2.75) is 26.4 Å². The zero-order valence-electron chi connectivity index (χ0n) is 13.4. The van der Waals surface area contributed by atoms with Crippen LogP contribution >= 0.6 is 24.0 Å². The second-order valence-corrected chi connectivity index (χ2v) is 6.10. The number of furan rings is 1. The Balaban J connectivity index is 0.00000242. The van der Waals surface area contributed by atoms with Crippen LogP contribution in [0.15, 0.2) is 27.8 Å². The fourth-order valence-corrected chi connectivity index (χ4v) is 2.09. The summed E-state index contributed by atoms with van der Waals surface area (Å²) in [6, 6.07) is 3.51. The summed E-state index contributed by atoms with van der Waals surface area (Å²) >= 11 is 0. The highest BCUT2D eigenvalue weighted by Crippen LogP contribution is 2.25. The van der Waals surface area contributed by atoms with Gasteiger partial charge in [0.15, 0.2) is 5.96 Å². The monoisotopic (exact) mass is 423 g/mol. The summed E-state index contributed by atoms with van der Waals surface area (Å²) in [5, 5.41) is 16.9. The summed E-state index contributed by atoms with van der Waals surface area (Å²) in [4.78, 5) is 4.45. The van der Waals surface area contributed by atoms with Crippen LogP contribution in [0.4, 0.5) is 0 Å². The minimum absolute atomic E-state index is 0. The molecule has 1 aromatic rings. The third-order valence-electron chi connectivity index (χ3n) is 3.52. The minimum atomic E-state index is -1.12. The number of nitrogens with one attached hydrogen (secondary N) is 2. The number of rotatable bonds is 6. The maximum absolute atomic E-state index is 10.4. The Morgan fingerprint density at radius 3 is 2.68 bits per heavy atom. The van der Waals surface area contributed by atoms with E-state index >= 15 is 0 Å². The predicted octanol–water partition coefficient (Wildman–Crippen LogP) is 1.70. The summed E-state index contributed by atoms with van der Waals surface area (Å²) < 4.78 is 10.5. The molecule has 2 heterocycles. The lowest BCUT2D eigenvalue weighted by molar-refractivity contribution is -0.0971. The number of hydrogen-bond acceptors (Lipinski definition) is 4. The Hall–Kier alpha value is -0.800. The van der Waals surface area contributed by atoms with E-state index in [1.165, 1.54) is 0 Å². The van der Waals surface area contributed by atoms with Gasteiger partial charge in [-0.25, -0.2) is 4.99 Å². The highest BCUT2D eigenvalue weighted by molar-refractivity contribution is 14.0. The molecule has 0 spiro atoms. The van der Waals surface area contributed by atoms with E-state index in [9.17, 15) is 5.11 Å². The van der Waals surface area contributed by atoms with Gasteiger partial charge in [-0.05, 0) is 26.0 Å². The number of aliphatic hydroxyl groups is 1. The molecule has 3 N–H and O–H groups in total. The fraction of sp³-hybridized carbons (Fsp3) is 0.667. The summed E-state index contributed by atoms with van der Waals surface area (Å²) in [5.74, 6) is 1.21. The first kappa shape index (κ1) is 19.2. The van der Waals surface area contributed by atoms with Crippen molar-refractivity contribution in [3.05, 3.63) is 24.2 Å². The summed E-state index contributed by atoms with van der Waals surface area (Å²) in [6.07, 6.45) is 1.55. The van der Waals surface area contributed by atoms with Crippen molar-refractivity contribution in [2.75, 3.05) is 32.8 Å². The zero-order valence-corrected chi connectivity index (χ0v) is 15.7. The standard InChI is InChI=1S/C15H25N3O3.HI/c1-4-16-13(17-8-14(2)10-20-11-14)18-9-15(3,19)12-6-5-7-21-12;/h5-7,19H,4,8-11H2,1-3H3,(H2,16,17,18);1H. The fourth-order valence-electron chi connectivity index (χ4n) is 2.09. The van der Waals surface area contributed by atoms with Gasteiger partial charge >= 0.3 is 0 Å². The molecular weight excluding hydrogens is 397 g/mol. The molecule has 0 bridgehead atoms. The largest absolute Gasteiger partial charge is 0.466 e. The Morgan fingerprint density at radius 1 is 1.45 bits per heavy atom. The highest BCUT2D eigenvalue weighted by atomic mass is 127. The number of nitrogens with zero attached hydrogens (tertiary/aromatic N) is 1. The van der Waals surface area contributed by atoms with Crippen LogP contribution in [0.2, 0.25) is 0 Å². The molecule has 1 saturated heterocycles. The first-order valence-corrected chi connectivity index (χ1v) is 7.31. The molecule has 7 heteroatoms. The molecule has 0 amide bonds. The maximum atomic E-state index is 10.4. The van der Waals surface area contributed by atoms with Gasteiger partial charge in [0.05, 0.1) is 26.0 Å². The first-order valence-electron chi connectivity index (χ1n) is 7.31. The van der Waals surface area contributed by atoms with Crippen LogP contribution in [0, 0.1) is 5.41 Å². The van der Waals surface area contributed by atoms with Crippen LogP contribution in [-0.4, -0.2) is 43.9 Å².